The molecule has 0 saturated heterocycles. The molecule has 0 aliphatic carbocycles. The van der Waals surface area contributed by atoms with Crippen LogP contribution in [0.5, 0.6) is 0 Å². The fourth-order valence-corrected chi connectivity index (χ4v) is 4.90. The molecule has 0 radical (unpaired) electrons. The highest BCUT2D eigenvalue weighted by molar-refractivity contribution is 6.35. The molecule has 1 unspecified atom stereocenters. The van der Waals surface area contributed by atoms with Crippen LogP contribution in [-0.2, 0) is 16.0 Å². The molecule has 2 aromatic carbocycles. The molecule has 2 N–H and O–H groups in total. The number of halogens is 3. The summed E-state index contributed by atoms with van der Waals surface area (Å²) in [6.07, 6.45) is 1.81. The molecule has 3 aromatic rings. The Morgan fingerprint density at radius 3 is 2.73 bits per heavy atom. The first kappa shape index (κ1) is 23.1. The molecule has 1 atom stereocenters. The van der Waals surface area contributed by atoms with E-state index in [1.807, 2.05) is 13.0 Å². The van der Waals surface area contributed by atoms with Gasteiger partial charge < -0.3 is 19.9 Å². The summed E-state index contributed by atoms with van der Waals surface area (Å²) in [5.74, 6) is -1.65. The van der Waals surface area contributed by atoms with E-state index in [-0.39, 0.29) is 40.5 Å². The molecule has 0 spiro atoms. The van der Waals surface area contributed by atoms with Gasteiger partial charge in [0, 0.05) is 28.2 Å². The van der Waals surface area contributed by atoms with Crippen molar-refractivity contribution >= 4 is 51.5 Å². The zero-order valence-corrected chi connectivity index (χ0v) is 19.3. The number of pyridine rings is 1. The Kier molecular flexibility index (Phi) is 6.32. The van der Waals surface area contributed by atoms with Gasteiger partial charge in [-0.3, -0.25) is 9.59 Å². The molecule has 1 aliphatic rings. The van der Waals surface area contributed by atoms with Crippen LogP contribution in [0.2, 0.25) is 10.0 Å². The van der Waals surface area contributed by atoms with Gasteiger partial charge in [-0.25, -0.2) is 9.18 Å². The molecule has 10 heteroatoms. The zero-order chi connectivity index (χ0) is 23.9. The standard InChI is InChI=1S/C23H20Cl2FN3O4/c1-11-21-12(5-13(24)6-17(21)25)3-4-29(11)20(30)10-27-19-8-14-15(7-18(19)26)22(31)28-9-16(14)23(32)33-2/h5-9,11,27H,3-4,10H2,1-2H3,(H,28,31). The molecular weight excluding hydrogens is 472 g/mol. The number of carbonyl (C=O) groups is 2. The number of nitrogens with one attached hydrogen (secondary N) is 2. The largest absolute Gasteiger partial charge is 0.465 e. The number of esters is 1. The maximum absolute atomic E-state index is 14.7. The maximum Gasteiger partial charge on any atom is 0.339 e. The average Bonchev–Trinajstić information content (AvgIpc) is 2.77. The molecule has 33 heavy (non-hydrogen) atoms. The number of ether oxygens (including phenoxy) is 1. The van der Waals surface area contributed by atoms with Gasteiger partial charge in [0.1, 0.15) is 5.82 Å². The summed E-state index contributed by atoms with van der Waals surface area (Å²) in [7, 11) is 1.21. The van der Waals surface area contributed by atoms with Crippen molar-refractivity contribution in [2.24, 2.45) is 0 Å². The number of carbonyl (C=O) groups excluding carboxylic acids is 2. The Bertz CT molecular complexity index is 1340. The zero-order valence-electron chi connectivity index (χ0n) is 17.8. The summed E-state index contributed by atoms with van der Waals surface area (Å²) >= 11 is 12.5. The van der Waals surface area contributed by atoms with E-state index in [2.05, 4.69) is 10.3 Å². The van der Waals surface area contributed by atoms with Gasteiger partial charge in [0.25, 0.3) is 5.56 Å². The molecule has 2 heterocycles. The number of nitrogens with zero attached hydrogens (tertiary/aromatic N) is 1. The third kappa shape index (κ3) is 4.28. The first-order valence-electron chi connectivity index (χ1n) is 10.2. The highest BCUT2D eigenvalue weighted by atomic mass is 35.5. The topological polar surface area (TPSA) is 91.5 Å². The number of rotatable bonds is 4. The van der Waals surface area contributed by atoms with Gasteiger partial charge in [-0.15, -0.1) is 0 Å². The summed E-state index contributed by atoms with van der Waals surface area (Å²) in [4.78, 5) is 41.2. The molecule has 172 valence electrons. The van der Waals surface area contributed by atoms with Crippen molar-refractivity contribution in [2.45, 2.75) is 19.4 Å². The molecule has 1 aromatic heterocycles. The Morgan fingerprint density at radius 1 is 1.24 bits per heavy atom. The van der Waals surface area contributed by atoms with E-state index in [0.717, 1.165) is 17.2 Å². The number of hydrogen-bond acceptors (Lipinski definition) is 5. The predicted molar refractivity (Wildman–Crippen MR) is 125 cm³/mol. The van der Waals surface area contributed by atoms with Gasteiger partial charge in [0.05, 0.1) is 36.3 Å². The van der Waals surface area contributed by atoms with Crippen molar-refractivity contribution in [2.75, 3.05) is 25.5 Å². The highest BCUT2D eigenvalue weighted by Crippen LogP contribution is 2.37. The summed E-state index contributed by atoms with van der Waals surface area (Å²) in [5.41, 5.74) is 1.37. The Balaban J connectivity index is 1.58. The fraction of sp³-hybridized carbons (Fsp3) is 0.261. The number of H-pyrrole nitrogens is 1. The second kappa shape index (κ2) is 9.03. The van der Waals surface area contributed by atoms with Crippen molar-refractivity contribution < 1.29 is 18.7 Å². The highest BCUT2D eigenvalue weighted by Gasteiger charge is 2.29. The fourth-order valence-electron chi connectivity index (χ4n) is 4.21. The summed E-state index contributed by atoms with van der Waals surface area (Å²) in [6, 6.07) is 5.57. The minimum absolute atomic E-state index is 0.00170. The van der Waals surface area contributed by atoms with Crippen molar-refractivity contribution in [1.82, 2.24) is 9.88 Å². The van der Waals surface area contributed by atoms with Crippen LogP contribution >= 0.6 is 23.2 Å². The van der Waals surface area contributed by atoms with Gasteiger partial charge >= 0.3 is 5.97 Å². The van der Waals surface area contributed by atoms with Crippen molar-refractivity contribution in [3.63, 3.8) is 0 Å². The van der Waals surface area contributed by atoms with Crippen LogP contribution in [0.4, 0.5) is 10.1 Å². The number of aromatic nitrogens is 1. The van der Waals surface area contributed by atoms with Gasteiger partial charge in [-0.05, 0) is 48.7 Å². The van der Waals surface area contributed by atoms with Crippen molar-refractivity contribution in [3.8, 4) is 0 Å². The van der Waals surface area contributed by atoms with Crippen molar-refractivity contribution in [1.29, 1.82) is 0 Å². The lowest BCUT2D eigenvalue weighted by atomic mass is 9.93. The van der Waals surface area contributed by atoms with Crippen LogP contribution in [0.1, 0.15) is 34.5 Å². The average molecular weight is 492 g/mol. The summed E-state index contributed by atoms with van der Waals surface area (Å²) < 4.78 is 19.4. The first-order valence-corrected chi connectivity index (χ1v) is 10.9. The number of hydrogen-bond donors (Lipinski definition) is 2. The lowest BCUT2D eigenvalue weighted by molar-refractivity contribution is -0.131. The third-order valence-corrected chi connectivity index (χ3v) is 6.36. The van der Waals surface area contributed by atoms with Crippen LogP contribution < -0.4 is 10.9 Å². The number of aromatic amines is 1. The van der Waals surface area contributed by atoms with E-state index < -0.39 is 17.3 Å². The minimum Gasteiger partial charge on any atom is -0.465 e. The second-order valence-electron chi connectivity index (χ2n) is 7.73. The Labute approximate surface area is 198 Å². The van der Waals surface area contributed by atoms with Crippen LogP contribution in [0.25, 0.3) is 10.8 Å². The molecule has 7 nitrogen and oxygen atoms in total. The van der Waals surface area contributed by atoms with Gasteiger partial charge in [0.2, 0.25) is 5.91 Å². The van der Waals surface area contributed by atoms with Gasteiger partial charge in [-0.2, -0.15) is 0 Å². The van der Waals surface area contributed by atoms with E-state index in [9.17, 15) is 18.8 Å². The lowest BCUT2D eigenvalue weighted by Crippen LogP contribution is -2.42. The Hall–Kier alpha value is -3.10. The van der Waals surface area contributed by atoms with Crippen LogP contribution in [0, 0.1) is 5.82 Å². The number of benzene rings is 2. The molecule has 0 saturated carbocycles. The van der Waals surface area contributed by atoms with E-state index in [4.69, 9.17) is 27.9 Å². The smallest absolute Gasteiger partial charge is 0.339 e. The number of anilines is 1. The third-order valence-electron chi connectivity index (χ3n) is 5.83. The number of fused-ring (bicyclic) bond motifs is 2. The predicted octanol–water partition coefficient (Wildman–Crippen LogP) is 4.32. The summed E-state index contributed by atoms with van der Waals surface area (Å²) in [5, 5.41) is 4.05. The number of methoxy groups -OCH3 is 1. The summed E-state index contributed by atoms with van der Waals surface area (Å²) in [6.45, 7) is 2.15. The van der Waals surface area contributed by atoms with Crippen LogP contribution in [0.15, 0.2) is 35.3 Å². The molecule has 0 bridgehead atoms. The Morgan fingerprint density at radius 2 is 2.00 bits per heavy atom. The van der Waals surface area contributed by atoms with Gasteiger partial charge in [-0.1, -0.05) is 23.2 Å². The minimum atomic E-state index is -0.724. The lowest BCUT2D eigenvalue weighted by Gasteiger charge is -2.36. The second-order valence-corrected chi connectivity index (χ2v) is 8.57. The quantitative estimate of drug-likeness (QED) is 0.530. The molecule has 1 aliphatic heterocycles. The molecular formula is C23H20Cl2FN3O4. The monoisotopic (exact) mass is 491 g/mol. The van der Waals surface area contributed by atoms with Crippen molar-refractivity contribution in [3.05, 3.63) is 73.4 Å². The first-order chi connectivity index (χ1) is 15.7. The molecule has 4 rings (SSSR count). The van der Waals surface area contributed by atoms with E-state index in [0.29, 0.717) is 23.0 Å². The SMILES string of the molecule is COC(=O)c1c[nH]c(=O)c2cc(F)c(NCC(=O)N3CCc4cc(Cl)cc(Cl)c4C3C)cc12. The van der Waals surface area contributed by atoms with Crippen LogP contribution in [-0.4, -0.2) is 42.0 Å². The molecule has 1 amide bonds. The van der Waals surface area contributed by atoms with Gasteiger partial charge in [0.15, 0.2) is 0 Å². The van der Waals surface area contributed by atoms with Crippen LogP contribution in [0.3, 0.4) is 0 Å². The normalized spacial score (nSPS) is 15.3. The van der Waals surface area contributed by atoms with E-state index >= 15 is 0 Å². The van der Waals surface area contributed by atoms with E-state index in [1.165, 1.54) is 19.4 Å². The van der Waals surface area contributed by atoms with E-state index in [1.54, 1.807) is 11.0 Å². The maximum atomic E-state index is 14.7. The molecule has 0 fully saturated rings. The number of amides is 1.